The van der Waals surface area contributed by atoms with E-state index in [0.29, 0.717) is 0 Å². The zero-order chi connectivity index (χ0) is 5.54. The molecule has 1 nitrogen and oxygen atoms in total. The standard InChI is InChI=1S/C6H11O/c1-3-4-5-6-7-2/h4-6H,3H2,1-2H3/q+1/b5-4-. The van der Waals surface area contributed by atoms with E-state index in [1.54, 1.807) is 13.4 Å². The van der Waals surface area contributed by atoms with Crippen LogP contribution >= 0.6 is 0 Å². The third-order valence-corrected chi connectivity index (χ3v) is 0.586. The van der Waals surface area contributed by atoms with E-state index >= 15 is 0 Å². The highest BCUT2D eigenvalue weighted by molar-refractivity contribution is 5.64. The second-order valence-corrected chi connectivity index (χ2v) is 1.21. The zero-order valence-corrected chi connectivity index (χ0v) is 4.85. The van der Waals surface area contributed by atoms with Crippen LogP contribution in [-0.4, -0.2) is 13.4 Å². The average molecular weight is 99.2 g/mol. The van der Waals surface area contributed by atoms with E-state index in [9.17, 15) is 0 Å². The van der Waals surface area contributed by atoms with Crippen LogP contribution in [0.15, 0.2) is 12.2 Å². The van der Waals surface area contributed by atoms with Crippen molar-refractivity contribution in [3.63, 3.8) is 0 Å². The first-order chi connectivity index (χ1) is 3.41. The van der Waals surface area contributed by atoms with Gasteiger partial charge in [0.1, 0.15) is 0 Å². The molecule has 0 atom stereocenters. The lowest BCUT2D eigenvalue weighted by Crippen LogP contribution is -1.65. The highest BCUT2D eigenvalue weighted by Gasteiger charge is 1.67. The van der Waals surface area contributed by atoms with Crippen LogP contribution in [0.3, 0.4) is 0 Å². The summed E-state index contributed by atoms with van der Waals surface area (Å²) < 4.78 is 4.63. The van der Waals surface area contributed by atoms with Crippen molar-refractivity contribution in [2.24, 2.45) is 0 Å². The van der Waals surface area contributed by atoms with Gasteiger partial charge in [-0.2, -0.15) is 0 Å². The molecule has 0 heterocycles. The van der Waals surface area contributed by atoms with Gasteiger partial charge in [0.2, 0.25) is 0 Å². The van der Waals surface area contributed by atoms with Crippen LogP contribution < -0.4 is 0 Å². The van der Waals surface area contributed by atoms with Crippen LogP contribution in [0, 0.1) is 0 Å². The molecule has 0 rings (SSSR count). The van der Waals surface area contributed by atoms with E-state index in [1.165, 1.54) is 0 Å². The van der Waals surface area contributed by atoms with Crippen molar-refractivity contribution in [1.29, 1.82) is 0 Å². The van der Waals surface area contributed by atoms with Crippen LogP contribution in [0.2, 0.25) is 0 Å². The molecule has 7 heavy (non-hydrogen) atoms. The average Bonchev–Trinajstić information content (AvgIpc) is 1.69. The van der Waals surface area contributed by atoms with Gasteiger partial charge in [-0.05, 0) is 6.42 Å². The van der Waals surface area contributed by atoms with Crippen molar-refractivity contribution >= 4 is 6.29 Å². The van der Waals surface area contributed by atoms with Crippen molar-refractivity contribution in [2.75, 3.05) is 7.11 Å². The Morgan fingerprint density at radius 3 is 2.71 bits per heavy atom. The van der Waals surface area contributed by atoms with Gasteiger partial charge in [-0.15, -0.1) is 0 Å². The Balaban J connectivity index is 3.09. The lowest BCUT2D eigenvalue weighted by atomic mass is 10.4. The number of aldehydes is 1. The minimum atomic E-state index is 1.07. The van der Waals surface area contributed by atoms with E-state index in [4.69, 9.17) is 0 Å². The molecule has 0 N–H and O–H groups in total. The maximum Gasteiger partial charge on any atom is 0.307 e. The Kier molecular flexibility index (Phi) is 4.95. The quantitative estimate of drug-likeness (QED) is 0.281. The molecule has 0 spiro atoms. The van der Waals surface area contributed by atoms with Crippen LogP contribution in [0.4, 0.5) is 0 Å². The van der Waals surface area contributed by atoms with Crippen molar-refractivity contribution in [1.82, 2.24) is 0 Å². The van der Waals surface area contributed by atoms with Crippen molar-refractivity contribution in [3.05, 3.63) is 12.2 Å². The number of allylic oxidation sites excluding steroid dienone is 2. The van der Waals surface area contributed by atoms with E-state index < -0.39 is 0 Å². The van der Waals surface area contributed by atoms with Gasteiger partial charge in [0.05, 0.1) is 0 Å². The number of carbonyl (C=O) groups excluding carboxylic acids is 1. The maximum atomic E-state index is 4.63. The second-order valence-electron chi connectivity index (χ2n) is 1.21. The summed E-state index contributed by atoms with van der Waals surface area (Å²) in [5.74, 6) is 0. The Labute approximate surface area is 44.4 Å². The molecule has 0 aromatic heterocycles. The zero-order valence-electron chi connectivity index (χ0n) is 4.85. The molecule has 0 aliphatic rings. The minimum absolute atomic E-state index is 1.07. The fourth-order valence-electron chi connectivity index (χ4n) is 0.270. The third-order valence-electron chi connectivity index (χ3n) is 0.586. The van der Waals surface area contributed by atoms with Crippen LogP contribution in [0.1, 0.15) is 13.3 Å². The molecular weight excluding hydrogens is 88.1 g/mol. The van der Waals surface area contributed by atoms with E-state index in [-0.39, 0.29) is 0 Å². The van der Waals surface area contributed by atoms with E-state index in [0.717, 1.165) is 6.42 Å². The van der Waals surface area contributed by atoms with Gasteiger partial charge >= 0.3 is 6.29 Å². The third kappa shape index (κ3) is 5.41. The predicted octanol–water partition coefficient (Wildman–Crippen LogP) is 1.32. The number of hydrogen-bond acceptors (Lipinski definition) is 0. The molecule has 0 saturated carbocycles. The Bertz CT molecular complexity index is 72.2. The second kappa shape index (κ2) is 5.41. The molecule has 0 unspecified atom stereocenters. The van der Waals surface area contributed by atoms with Gasteiger partial charge in [-0.1, -0.05) is 13.0 Å². The van der Waals surface area contributed by atoms with Crippen LogP contribution in [0.25, 0.3) is 0 Å². The van der Waals surface area contributed by atoms with Crippen molar-refractivity contribution in [3.8, 4) is 0 Å². The Morgan fingerprint density at radius 2 is 2.29 bits per heavy atom. The summed E-state index contributed by atoms with van der Waals surface area (Å²) in [5.41, 5.74) is 0. The summed E-state index contributed by atoms with van der Waals surface area (Å²) in [7, 11) is 1.64. The largest absolute Gasteiger partial charge is 0.307 e. The summed E-state index contributed by atoms with van der Waals surface area (Å²) in [4.78, 5) is 0. The fraction of sp³-hybridized carbons (Fsp3) is 0.500. The lowest BCUT2D eigenvalue weighted by molar-refractivity contribution is -0.413. The molecule has 0 aromatic rings. The molecule has 0 amide bonds. The van der Waals surface area contributed by atoms with Gasteiger partial charge in [-0.25, -0.2) is 0 Å². The summed E-state index contributed by atoms with van der Waals surface area (Å²) >= 11 is 0. The maximum absolute atomic E-state index is 4.63. The first-order valence-corrected chi connectivity index (χ1v) is 2.43. The highest BCUT2D eigenvalue weighted by atomic mass is 16.4. The van der Waals surface area contributed by atoms with Crippen LogP contribution in [-0.2, 0) is 4.42 Å². The predicted molar refractivity (Wildman–Crippen MR) is 31.4 cm³/mol. The molecule has 1 heteroatoms. The van der Waals surface area contributed by atoms with Crippen LogP contribution in [0.5, 0.6) is 0 Å². The smallest absolute Gasteiger partial charge is 0.266 e. The molecule has 0 bridgehead atoms. The van der Waals surface area contributed by atoms with Crippen molar-refractivity contribution < 1.29 is 4.42 Å². The highest BCUT2D eigenvalue weighted by Crippen LogP contribution is 1.73. The van der Waals surface area contributed by atoms with E-state index in [2.05, 4.69) is 11.3 Å². The first-order valence-electron chi connectivity index (χ1n) is 2.43. The van der Waals surface area contributed by atoms with Gasteiger partial charge in [0, 0.05) is 6.08 Å². The monoisotopic (exact) mass is 99.1 g/mol. The Hall–Kier alpha value is -0.590. The minimum Gasteiger partial charge on any atom is -0.266 e. The normalized spacial score (nSPS) is 11.7. The first kappa shape index (κ1) is 6.41. The molecule has 40 valence electrons. The Morgan fingerprint density at radius 1 is 1.57 bits per heavy atom. The van der Waals surface area contributed by atoms with Gasteiger partial charge in [0.25, 0.3) is 7.11 Å². The summed E-state index contributed by atoms with van der Waals surface area (Å²) in [6.45, 7) is 2.08. The summed E-state index contributed by atoms with van der Waals surface area (Å²) in [5, 5.41) is 0. The topological polar surface area (TPSA) is 11.3 Å². The van der Waals surface area contributed by atoms with E-state index in [1.807, 2.05) is 12.2 Å². The molecule has 0 aliphatic heterocycles. The molecule has 0 radical (unpaired) electrons. The molecular formula is C6H11O+. The van der Waals surface area contributed by atoms with Crippen molar-refractivity contribution in [2.45, 2.75) is 13.3 Å². The molecule has 0 aromatic carbocycles. The molecule has 0 saturated heterocycles. The van der Waals surface area contributed by atoms with Gasteiger partial charge < -0.3 is 0 Å². The summed E-state index contributed by atoms with van der Waals surface area (Å²) in [6, 6.07) is 0. The van der Waals surface area contributed by atoms with Gasteiger partial charge in [0.15, 0.2) is 0 Å². The summed E-state index contributed by atoms with van der Waals surface area (Å²) in [6.07, 6.45) is 6.65. The SMILES string of the molecule is CC/C=C\C=[O+]C. The number of rotatable bonds is 2. The fourth-order valence-corrected chi connectivity index (χ4v) is 0.270. The number of hydrogen-bond donors (Lipinski definition) is 0. The molecule has 0 fully saturated rings. The molecule has 0 aliphatic carbocycles. The van der Waals surface area contributed by atoms with Gasteiger partial charge in [-0.3, -0.25) is 4.42 Å². The lowest BCUT2D eigenvalue weighted by Gasteiger charge is -1.64.